The molecule has 0 bridgehead atoms. The third-order valence-electron chi connectivity index (χ3n) is 5.91. The van der Waals surface area contributed by atoms with Crippen molar-refractivity contribution in [3.63, 3.8) is 0 Å². The number of nitriles is 1. The van der Waals surface area contributed by atoms with E-state index in [0.29, 0.717) is 24.3 Å². The molecule has 0 radical (unpaired) electrons. The van der Waals surface area contributed by atoms with E-state index in [1.807, 2.05) is 55.5 Å². The van der Waals surface area contributed by atoms with E-state index in [-0.39, 0.29) is 5.91 Å². The first kappa shape index (κ1) is 27.7. The van der Waals surface area contributed by atoms with Crippen LogP contribution in [0.25, 0.3) is 11.1 Å². The largest absolute Gasteiger partial charge is 0.494 e. The van der Waals surface area contributed by atoms with Gasteiger partial charge in [-0.3, -0.25) is 4.79 Å². The summed E-state index contributed by atoms with van der Waals surface area (Å²) in [6.07, 6.45) is 6.90. The second-order valence-corrected chi connectivity index (χ2v) is 9.22. The number of hydrogen-bond donors (Lipinski definition) is 1. The summed E-state index contributed by atoms with van der Waals surface area (Å²) in [5.41, 5.74) is 5.05. The van der Waals surface area contributed by atoms with Gasteiger partial charge >= 0.3 is 0 Å². The van der Waals surface area contributed by atoms with Crippen LogP contribution in [-0.2, 0) is 4.74 Å². The molecule has 0 unspecified atom stereocenters. The normalized spacial score (nSPS) is 10.5. The summed E-state index contributed by atoms with van der Waals surface area (Å²) < 4.78 is 11.3. The first-order chi connectivity index (χ1) is 18.0. The number of ether oxygens (including phenoxy) is 2. The molecule has 192 valence electrons. The number of unbranched alkanes of at least 4 members (excludes halogenated alkanes) is 5. The predicted molar refractivity (Wildman–Crippen MR) is 150 cm³/mol. The average Bonchev–Trinajstić information content (AvgIpc) is 2.92. The van der Waals surface area contributed by atoms with Crippen LogP contribution in [0.3, 0.4) is 0 Å². The molecule has 0 fully saturated rings. The van der Waals surface area contributed by atoms with Crippen LogP contribution >= 0.6 is 0 Å². The molecule has 5 nitrogen and oxygen atoms in total. The lowest BCUT2D eigenvalue weighted by atomic mass is 10.0. The minimum atomic E-state index is -0.164. The number of amides is 1. The smallest absolute Gasteiger partial charge is 0.255 e. The molecular formula is C32H36N2O3. The van der Waals surface area contributed by atoms with Crippen LogP contribution in [0.5, 0.6) is 5.75 Å². The second kappa shape index (κ2) is 15.3. The van der Waals surface area contributed by atoms with Gasteiger partial charge in [-0.25, -0.2) is 0 Å². The molecule has 1 amide bonds. The number of nitrogens with zero attached hydrogens (tertiary/aromatic N) is 1. The van der Waals surface area contributed by atoms with Crippen LogP contribution < -0.4 is 10.1 Å². The fourth-order valence-electron chi connectivity index (χ4n) is 3.84. The Morgan fingerprint density at radius 3 is 1.97 bits per heavy atom. The van der Waals surface area contributed by atoms with Crippen molar-refractivity contribution in [2.24, 2.45) is 0 Å². The third kappa shape index (κ3) is 9.95. The van der Waals surface area contributed by atoms with Crippen LogP contribution in [-0.4, -0.2) is 25.7 Å². The molecule has 5 heteroatoms. The number of carbonyl (C=O) groups excluding carboxylic acids is 1. The number of carbonyl (C=O) groups is 1. The fraction of sp³-hybridized carbons (Fsp3) is 0.312. The Kier molecular flexibility index (Phi) is 11.4. The summed E-state index contributed by atoms with van der Waals surface area (Å²) in [6, 6.07) is 24.5. The van der Waals surface area contributed by atoms with E-state index in [4.69, 9.17) is 14.7 Å². The molecule has 0 saturated heterocycles. The summed E-state index contributed by atoms with van der Waals surface area (Å²) in [5, 5.41) is 11.9. The lowest BCUT2D eigenvalue weighted by Crippen LogP contribution is -2.11. The van der Waals surface area contributed by atoms with Gasteiger partial charge in [-0.05, 0) is 79.4 Å². The number of anilines is 1. The zero-order valence-electron chi connectivity index (χ0n) is 21.7. The maximum Gasteiger partial charge on any atom is 0.255 e. The van der Waals surface area contributed by atoms with E-state index in [1.165, 1.54) is 19.3 Å². The molecule has 0 atom stereocenters. The van der Waals surface area contributed by atoms with E-state index < -0.39 is 0 Å². The van der Waals surface area contributed by atoms with E-state index in [9.17, 15) is 4.79 Å². The van der Waals surface area contributed by atoms with Gasteiger partial charge in [-0.2, -0.15) is 5.26 Å². The summed E-state index contributed by atoms with van der Waals surface area (Å²) in [4.78, 5) is 12.6. The van der Waals surface area contributed by atoms with Gasteiger partial charge in [0.15, 0.2) is 0 Å². The fourth-order valence-corrected chi connectivity index (χ4v) is 3.84. The predicted octanol–water partition coefficient (Wildman–Crippen LogP) is 7.79. The Hall–Kier alpha value is -3.88. The van der Waals surface area contributed by atoms with Crippen LogP contribution in [0, 0.1) is 11.3 Å². The van der Waals surface area contributed by atoms with Gasteiger partial charge in [-0.1, -0.05) is 62.1 Å². The van der Waals surface area contributed by atoms with Crippen LogP contribution in [0.1, 0.15) is 61.4 Å². The Labute approximate surface area is 220 Å². The zero-order chi connectivity index (χ0) is 26.3. The highest BCUT2D eigenvalue weighted by Gasteiger charge is 2.07. The lowest BCUT2D eigenvalue weighted by molar-refractivity contribution is 0.102. The van der Waals surface area contributed by atoms with E-state index in [1.54, 1.807) is 24.3 Å². The highest BCUT2D eigenvalue weighted by atomic mass is 16.5. The first-order valence-electron chi connectivity index (χ1n) is 12.9. The molecule has 0 saturated carbocycles. The van der Waals surface area contributed by atoms with Gasteiger partial charge in [-0.15, -0.1) is 0 Å². The molecule has 0 aliphatic rings. The monoisotopic (exact) mass is 496 g/mol. The topological polar surface area (TPSA) is 71.3 Å². The van der Waals surface area contributed by atoms with Crippen molar-refractivity contribution >= 4 is 11.6 Å². The van der Waals surface area contributed by atoms with E-state index >= 15 is 0 Å². The molecule has 3 rings (SSSR count). The number of rotatable bonds is 15. The minimum absolute atomic E-state index is 0.164. The van der Waals surface area contributed by atoms with Gasteiger partial charge in [0, 0.05) is 17.9 Å². The van der Waals surface area contributed by atoms with Crippen LogP contribution in [0.15, 0.2) is 84.9 Å². The van der Waals surface area contributed by atoms with E-state index in [2.05, 4.69) is 18.0 Å². The van der Waals surface area contributed by atoms with Crippen LogP contribution in [0.2, 0.25) is 0 Å². The molecule has 0 aliphatic carbocycles. The molecule has 0 heterocycles. The minimum Gasteiger partial charge on any atom is -0.494 e. The Balaban J connectivity index is 1.33. The maximum absolute atomic E-state index is 12.6. The third-order valence-corrected chi connectivity index (χ3v) is 5.91. The van der Waals surface area contributed by atoms with Crippen molar-refractivity contribution in [1.29, 1.82) is 5.26 Å². The first-order valence-corrected chi connectivity index (χ1v) is 12.9. The van der Waals surface area contributed by atoms with Gasteiger partial charge in [0.2, 0.25) is 0 Å². The number of hydrogen-bond acceptors (Lipinski definition) is 4. The van der Waals surface area contributed by atoms with Crippen molar-refractivity contribution in [3.05, 3.63) is 96.1 Å². The van der Waals surface area contributed by atoms with Gasteiger partial charge < -0.3 is 14.8 Å². The highest BCUT2D eigenvalue weighted by molar-refractivity contribution is 6.04. The van der Waals surface area contributed by atoms with Crippen molar-refractivity contribution in [1.82, 2.24) is 0 Å². The molecule has 1 N–H and O–H groups in total. The van der Waals surface area contributed by atoms with Crippen molar-refractivity contribution < 1.29 is 14.3 Å². The van der Waals surface area contributed by atoms with E-state index in [0.717, 1.165) is 54.0 Å². The summed E-state index contributed by atoms with van der Waals surface area (Å²) >= 11 is 0. The average molecular weight is 497 g/mol. The van der Waals surface area contributed by atoms with Gasteiger partial charge in [0.1, 0.15) is 5.75 Å². The molecular weight excluding hydrogens is 460 g/mol. The Morgan fingerprint density at radius 2 is 1.38 bits per heavy atom. The summed E-state index contributed by atoms with van der Waals surface area (Å²) in [6.45, 7) is 7.98. The Morgan fingerprint density at radius 1 is 0.811 bits per heavy atom. The molecule has 3 aromatic carbocycles. The molecule has 0 spiro atoms. The SMILES string of the molecule is C=C(C)COCCCCCCCCOc1ccc(C(=O)Nc2ccc(-c3ccc(C#N)cc3)cc2)cc1. The highest BCUT2D eigenvalue weighted by Crippen LogP contribution is 2.22. The zero-order valence-corrected chi connectivity index (χ0v) is 21.7. The summed E-state index contributed by atoms with van der Waals surface area (Å²) in [7, 11) is 0. The lowest BCUT2D eigenvalue weighted by Gasteiger charge is -2.09. The molecule has 3 aromatic rings. The van der Waals surface area contributed by atoms with Crippen molar-refractivity contribution in [2.45, 2.75) is 45.4 Å². The van der Waals surface area contributed by atoms with Gasteiger partial charge in [0.05, 0.1) is 24.8 Å². The number of benzene rings is 3. The Bertz CT molecular complexity index is 1160. The van der Waals surface area contributed by atoms with Crippen molar-refractivity contribution in [3.8, 4) is 22.9 Å². The molecule has 0 aliphatic heterocycles. The summed E-state index contributed by atoms with van der Waals surface area (Å²) in [5.74, 6) is 0.612. The van der Waals surface area contributed by atoms with Gasteiger partial charge in [0.25, 0.3) is 5.91 Å². The molecule has 37 heavy (non-hydrogen) atoms. The maximum atomic E-state index is 12.6. The number of nitrogens with one attached hydrogen (secondary N) is 1. The van der Waals surface area contributed by atoms with Crippen LogP contribution in [0.4, 0.5) is 5.69 Å². The standard InChI is InChI=1S/C32H36N2O3/c1-25(2)24-36-21-7-5-3-4-6-8-22-37-31-19-15-29(16-20-31)32(35)34-30-17-13-28(14-18-30)27-11-9-26(23-33)10-12-27/h9-20H,1,3-8,21-22,24H2,2H3,(H,34,35). The molecule has 0 aromatic heterocycles. The quantitative estimate of drug-likeness (QED) is 0.172. The van der Waals surface area contributed by atoms with Crippen molar-refractivity contribution in [2.75, 3.05) is 25.1 Å². The second-order valence-electron chi connectivity index (χ2n) is 9.22.